The summed E-state index contributed by atoms with van der Waals surface area (Å²) in [5, 5.41) is 8.67. The van der Waals surface area contributed by atoms with Crippen molar-refractivity contribution < 1.29 is 13.2 Å². The van der Waals surface area contributed by atoms with E-state index in [0.29, 0.717) is 17.2 Å². The van der Waals surface area contributed by atoms with Gasteiger partial charge in [-0.05, 0) is 54.1 Å². The van der Waals surface area contributed by atoms with Crippen molar-refractivity contribution in [2.75, 3.05) is 4.72 Å². The molecule has 0 aromatic heterocycles. The highest BCUT2D eigenvalue weighted by Gasteiger charge is 2.14. The van der Waals surface area contributed by atoms with E-state index in [2.05, 4.69) is 4.72 Å². The highest BCUT2D eigenvalue weighted by Crippen LogP contribution is 2.23. The normalized spacial score (nSPS) is 10.7. The van der Waals surface area contributed by atoms with Crippen LogP contribution >= 0.6 is 0 Å². The quantitative estimate of drug-likeness (QED) is 0.705. The molecule has 26 heavy (non-hydrogen) atoms. The topological polar surface area (TPSA) is 79.2 Å². The van der Waals surface area contributed by atoms with E-state index in [0.717, 1.165) is 5.56 Å². The number of rotatable bonds is 6. The summed E-state index contributed by atoms with van der Waals surface area (Å²) < 4.78 is 33.1. The lowest BCUT2D eigenvalue weighted by Crippen LogP contribution is -2.12. The molecular formula is C20H16N2O3S. The molecule has 0 aliphatic carbocycles. The van der Waals surface area contributed by atoms with Gasteiger partial charge in [0.2, 0.25) is 0 Å². The van der Waals surface area contributed by atoms with Gasteiger partial charge in [0.25, 0.3) is 10.0 Å². The van der Waals surface area contributed by atoms with Gasteiger partial charge in [-0.2, -0.15) is 5.26 Å². The van der Waals surface area contributed by atoms with Crippen LogP contribution in [0.15, 0.2) is 83.8 Å². The van der Waals surface area contributed by atoms with E-state index in [4.69, 9.17) is 10.00 Å². The van der Waals surface area contributed by atoms with Gasteiger partial charge in [0, 0.05) is 5.69 Å². The first-order valence-electron chi connectivity index (χ1n) is 7.88. The zero-order valence-electron chi connectivity index (χ0n) is 13.8. The minimum absolute atomic E-state index is 0.138. The van der Waals surface area contributed by atoms with Gasteiger partial charge in [-0.1, -0.05) is 30.3 Å². The lowest BCUT2D eigenvalue weighted by Gasteiger charge is -2.10. The lowest BCUT2D eigenvalue weighted by atomic mass is 10.1. The summed E-state index contributed by atoms with van der Waals surface area (Å²) in [4.78, 5) is 0.138. The van der Waals surface area contributed by atoms with Crippen LogP contribution in [0.3, 0.4) is 0 Å². The van der Waals surface area contributed by atoms with Gasteiger partial charge < -0.3 is 4.74 Å². The van der Waals surface area contributed by atoms with E-state index in [1.54, 1.807) is 36.4 Å². The Bertz CT molecular complexity index is 1010. The van der Waals surface area contributed by atoms with Crippen LogP contribution in [0, 0.1) is 11.3 Å². The fourth-order valence-electron chi connectivity index (χ4n) is 2.31. The van der Waals surface area contributed by atoms with Crippen molar-refractivity contribution in [2.45, 2.75) is 11.3 Å². The molecule has 3 aromatic carbocycles. The number of para-hydroxylation sites is 1. The minimum atomic E-state index is -3.70. The molecule has 130 valence electrons. The van der Waals surface area contributed by atoms with Crippen molar-refractivity contribution >= 4 is 15.7 Å². The maximum atomic E-state index is 12.5. The first-order valence-corrected chi connectivity index (χ1v) is 9.37. The van der Waals surface area contributed by atoms with Crippen molar-refractivity contribution in [3.05, 3.63) is 84.4 Å². The molecule has 0 aliphatic heterocycles. The molecular weight excluding hydrogens is 348 g/mol. The van der Waals surface area contributed by atoms with Crippen molar-refractivity contribution in [2.24, 2.45) is 0 Å². The van der Waals surface area contributed by atoms with Crippen LogP contribution in [0.1, 0.15) is 5.56 Å². The van der Waals surface area contributed by atoms with E-state index in [1.165, 1.54) is 12.1 Å². The van der Waals surface area contributed by atoms with Gasteiger partial charge in [-0.15, -0.1) is 0 Å². The highest BCUT2D eigenvalue weighted by molar-refractivity contribution is 7.92. The maximum Gasteiger partial charge on any atom is 0.261 e. The highest BCUT2D eigenvalue weighted by atomic mass is 32.2. The van der Waals surface area contributed by atoms with Gasteiger partial charge in [0.05, 0.1) is 17.4 Å². The van der Waals surface area contributed by atoms with Gasteiger partial charge >= 0.3 is 0 Å². The third-order valence-corrected chi connectivity index (χ3v) is 5.00. The number of nitrogens with one attached hydrogen (secondary N) is 1. The number of hydrogen-bond acceptors (Lipinski definition) is 4. The van der Waals surface area contributed by atoms with Crippen molar-refractivity contribution in [1.29, 1.82) is 5.26 Å². The second-order valence-electron chi connectivity index (χ2n) is 5.52. The predicted molar refractivity (Wildman–Crippen MR) is 99.5 cm³/mol. The van der Waals surface area contributed by atoms with Crippen molar-refractivity contribution in [1.82, 2.24) is 0 Å². The molecule has 0 unspecified atom stereocenters. The molecule has 5 nitrogen and oxygen atoms in total. The number of hydrogen-bond donors (Lipinski definition) is 1. The van der Waals surface area contributed by atoms with Crippen LogP contribution in [0.25, 0.3) is 0 Å². The number of nitriles is 1. The molecule has 0 aliphatic rings. The molecule has 1 N–H and O–H groups in total. The smallest absolute Gasteiger partial charge is 0.261 e. The Kier molecular flexibility index (Phi) is 5.20. The molecule has 0 spiro atoms. The van der Waals surface area contributed by atoms with Crippen molar-refractivity contribution in [3.63, 3.8) is 0 Å². The fourth-order valence-corrected chi connectivity index (χ4v) is 3.37. The summed E-state index contributed by atoms with van der Waals surface area (Å²) in [6, 6.07) is 24.2. The summed E-state index contributed by atoms with van der Waals surface area (Å²) >= 11 is 0. The van der Waals surface area contributed by atoms with Gasteiger partial charge in [-0.3, -0.25) is 4.72 Å². The average molecular weight is 364 g/mol. The van der Waals surface area contributed by atoms with Crippen LogP contribution in [0.5, 0.6) is 11.5 Å². The SMILES string of the molecule is N#CCc1ccc(NS(=O)(=O)c2ccc(Oc3ccccc3)cc2)cc1. The van der Waals surface area contributed by atoms with E-state index in [9.17, 15) is 8.42 Å². The molecule has 0 amide bonds. The first kappa shape index (κ1) is 17.5. The molecule has 3 aromatic rings. The molecule has 0 bridgehead atoms. The Balaban J connectivity index is 1.72. The zero-order chi connectivity index (χ0) is 18.4. The number of benzene rings is 3. The molecule has 3 rings (SSSR count). The fraction of sp³-hybridized carbons (Fsp3) is 0.0500. The van der Waals surface area contributed by atoms with Crippen LogP contribution in [-0.2, 0) is 16.4 Å². The number of nitrogens with zero attached hydrogens (tertiary/aromatic N) is 1. The van der Waals surface area contributed by atoms with Gasteiger partial charge in [0.1, 0.15) is 11.5 Å². The number of sulfonamides is 1. The van der Waals surface area contributed by atoms with Crippen molar-refractivity contribution in [3.8, 4) is 17.6 Å². The second-order valence-corrected chi connectivity index (χ2v) is 7.21. The van der Waals surface area contributed by atoms with Crippen LogP contribution in [0.4, 0.5) is 5.69 Å². The van der Waals surface area contributed by atoms with Gasteiger partial charge in [-0.25, -0.2) is 8.42 Å². The Morgan fingerprint density at radius 3 is 2.08 bits per heavy atom. The monoisotopic (exact) mass is 364 g/mol. The summed E-state index contributed by atoms with van der Waals surface area (Å²) in [5.74, 6) is 1.23. The van der Waals surface area contributed by atoms with Gasteiger partial charge in [0.15, 0.2) is 0 Å². The average Bonchev–Trinajstić information content (AvgIpc) is 2.65. The molecule has 0 radical (unpaired) electrons. The maximum absolute atomic E-state index is 12.5. The third-order valence-electron chi connectivity index (χ3n) is 3.60. The molecule has 0 saturated carbocycles. The first-order chi connectivity index (χ1) is 12.6. The minimum Gasteiger partial charge on any atom is -0.457 e. The third kappa shape index (κ3) is 4.41. The zero-order valence-corrected chi connectivity index (χ0v) is 14.6. The lowest BCUT2D eigenvalue weighted by molar-refractivity contribution is 0.482. The molecule has 0 heterocycles. The predicted octanol–water partition coefficient (Wildman–Crippen LogP) is 4.35. The number of ether oxygens (including phenoxy) is 1. The Morgan fingerprint density at radius 2 is 1.46 bits per heavy atom. The van der Waals surface area contributed by atoms with E-state index >= 15 is 0 Å². The Labute approximate surface area is 152 Å². The molecule has 0 saturated heterocycles. The standard InChI is InChI=1S/C20H16N2O3S/c21-15-14-16-6-8-17(9-7-16)22-26(23,24)20-12-10-19(11-13-20)25-18-4-2-1-3-5-18/h1-13,22H,14H2. The van der Waals surface area contributed by atoms with Crippen LogP contribution < -0.4 is 9.46 Å². The Morgan fingerprint density at radius 1 is 0.846 bits per heavy atom. The molecule has 6 heteroatoms. The molecule has 0 fully saturated rings. The second kappa shape index (κ2) is 7.72. The largest absolute Gasteiger partial charge is 0.457 e. The summed E-state index contributed by atoms with van der Waals surface area (Å²) in [6.45, 7) is 0. The van der Waals surface area contributed by atoms with E-state index < -0.39 is 10.0 Å². The summed E-state index contributed by atoms with van der Waals surface area (Å²) in [7, 11) is -3.70. The van der Waals surface area contributed by atoms with Crippen LogP contribution in [-0.4, -0.2) is 8.42 Å². The van der Waals surface area contributed by atoms with Crippen LogP contribution in [0.2, 0.25) is 0 Å². The molecule has 0 atom stereocenters. The summed E-state index contributed by atoms with van der Waals surface area (Å²) in [5.41, 5.74) is 1.27. The summed E-state index contributed by atoms with van der Waals surface area (Å²) in [6.07, 6.45) is 0.288. The Hall–Kier alpha value is -3.30. The van der Waals surface area contributed by atoms with E-state index in [1.807, 2.05) is 36.4 Å². The van der Waals surface area contributed by atoms with E-state index in [-0.39, 0.29) is 11.3 Å². The number of anilines is 1.